The molecule has 2 bridgehead atoms. The highest BCUT2D eigenvalue weighted by atomic mass is 35.5. The Morgan fingerprint density at radius 3 is 2.56 bits per heavy atom. The molecule has 0 aliphatic carbocycles. The molecule has 2 aliphatic heterocycles. The highest BCUT2D eigenvalue weighted by molar-refractivity contribution is 7.80. The Morgan fingerprint density at radius 2 is 1.89 bits per heavy atom. The lowest BCUT2D eigenvalue weighted by Crippen LogP contribution is -2.72. The zero-order valence-electron chi connectivity index (χ0n) is 20.1. The van der Waals surface area contributed by atoms with E-state index in [4.69, 9.17) is 38.0 Å². The van der Waals surface area contributed by atoms with Gasteiger partial charge < -0.3 is 24.8 Å². The second kappa shape index (κ2) is 9.52. The largest absolute Gasteiger partial charge is 0.497 e. The van der Waals surface area contributed by atoms with Crippen LogP contribution in [0.4, 0.5) is 11.4 Å². The van der Waals surface area contributed by atoms with Crippen molar-refractivity contribution in [1.29, 1.82) is 0 Å². The summed E-state index contributed by atoms with van der Waals surface area (Å²) in [6.45, 7) is 4.28. The van der Waals surface area contributed by atoms with E-state index in [-0.39, 0.29) is 5.91 Å². The van der Waals surface area contributed by atoms with Crippen LogP contribution in [-0.2, 0) is 4.79 Å². The summed E-state index contributed by atoms with van der Waals surface area (Å²) in [4.78, 5) is 15.7. The van der Waals surface area contributed by atoms with Crippen molar-refractivity contribution in [2.75, 3.05) is 23.9 Å². The predicted molar refractivity (Wildman–Crippen MR) is 144 cm³/mol. The number of nitrogens with one attached hydrogen (secondary N) is 2. The first-order valence-electron chi connectivity index (χ1n) is 11.6. The van der Waals surface area contributed by atoms with Gasteiger partial charge in [-0.1, -0.05) is 23.7 Å². The van der Waals surface area contributed by atoms with Crippen molar-refractivity contribution in [1.82, 2.24) is 5.32 Å². The first kappa shape index (κ1) is 24.2. The van der Waals surface area contributed by atoms with E-state index in [1.807, 2.05) is 49.1 Å². The fourth-order valence-electron chi connectivity index (χ4n) is 4.91. The number of ether oxygens (including phenoxy) is 3. The number of rotatable bonds is 6. The molecular weight excluding hydrogens is 498 g/mol. The minimum absolute atomic E-state index is 0.214. The lowest BCUT2D eigenvalue weighted by atomic mass is 9.78. The maximum Gasteiger partial charge on any atom is 0.236 e. The third-order valence-electron chi connectivity index (χ3n) is 6.51. The number of fused-ring (bicyclic) bond motifs is 4. The van der Waals surface area contributed by atoms with E-state index in [1.54, 1.807) is 43.5 Å². The minimum Gasteiger partial charge on any atom is -0.497 e. The maximum absolute atomic E-state index is 13.9. The molecule has 3 aromatic carbocycles. The Morgan fingerprint density at radius 1 is 1.17 bits per heavy atom. The molecule has 2 heterocycles. The third-order valence-corrected chi connectivity index (χ3v) is 7.07. The van der Waals surface area contributed by atoms with E-state index in [0.717, 1.165) is 11.3 Å². The van der Waals surface area contributed by atoms with Crippen molar-refractivity contribution in [2.45, 2.75) is 25.6 Å². The second-order valence-electron chi connectivity index (χ2n) is 8.70. The summed E-state index contributed by atoms with van der Waals surface area (Å²) in [6, 6.07) is 19.7. The number of carbonyl (C=O) groups excluding carboxylic acids is 1. The molecule has 7 nitrogen and oxygen atoms in total. The highest BCUT2D eigenvalue weighted by Crippen LogP contribution is 2.52. The van der Waals surface area contributed by atoms with E-state index in [9.17, 15) is 4.79 Å². The molecule has 5 rings (SSSR count). The smallest absolute Gasteiger partial charge is 0.236 e. The highest BCUT2D eigenvalue weighted by Gasteiger charge is 2.59. The zero-order chi connectivity index (χ0) is 25.4. The number of nitrogens with zero attached hydrogens (tertiary/aromatic N) is 1. The van der Waals surface area contributed by atoms with Gasteiger partial charge in [-0.15, -0.1) is 0 Å². The molecule has 0 radical (unpaired) electrons. The van der Waals surface area contributed by atoms with Crippen LogP contribution in [0.15, 0.2) is 66.7 Å². The number of carbonyl (C=O) groups is 1. The van der Waals surface area contributed by atoms with E-state index < -0.39 is 17.7 Å². The van der Waals surface area contributed by atoms with Crippen LogP contribution in [0.2, 0.25) is 5.02 Å². The van der Waals surface area contributed by atoms with Crippen molar-refractivity contribution in [3.8, 4) is 17.2 Å². The number of hydrogen-bond acceptors (Lipinski definition) is 5. The summed E-state index contributed by atoms with van der Waals surface area (Å²) in [5, 5.41) is 7.50. The predicted octanol–water partition coefficient (Wildman–Crippen LogP) is 5.55. The number of hydrogen-bond donors (Lipinski definition) is 2. The van der Waals surface area contributed by atoms with Crippen LogP contribution >= 0.6 is 23.8 Å². The summed E-state index contributed by atoms with van der Waals surface area (Å²) in [7, 11) is 1.60. The average molecular weight is 524 g/mol. The number of thiocarbonyl (C=S) groups is 1. The molecule has 36 heavy (non-hydrogen) atoms. The lowest BCUT2D eigenvalue weighted by Gasteiger charge is -2.56. The topological polar surface area (TPSA) is 72.1 Å². The maximum atomic E-state index is 13.9. The molecule has 9 heteroatoms. The van der Waals surface area contributed by atoms with Crippen LogP contribution in [0.3, 0.4) is 0 Å². The lowest BCUT2D eigenvalue weighted by molar-refractivity contribution is -0.130. The number of para-hydroxylation sites is 1. The number of halogens is 1. The van der Waals surface area contributed by atoms with Gasteiger partial charge >= 0.3 is 0 Å². The van der Waals surface area contributed by atoms with E-state index in [1.165, 1.54) is 0 Å². The molecule has 186 valence electrons. The number of anilines is 2. The molecule has 0 aromatic heterocycles. The average Bonchev–Trinajstić information content (AvgIpc) is 2.86. The Hall–Kier alpha value is -3.49. The fourth-order valence-corrected chi connectivity index (χ4v) is 5.45. The molecule has 2 aliphatic rings. The van der Waals surface area contributed by atoms with Crippen LogP contribution in [0.1, 0.15) is 25.5 Å². The standard InChI is InChI=1S/C27H26ClN3O4S/c1-4-34-21-7-5-6-20-23-22(25(32)29-17-10-14-19(33-3)15-11-17)27(2,35-24(20)21)31(26(36)30-23)18-12-8-16(28)9-13-18/h5-15,22-23H,4H2,1-3H3,(H,29,32)(H,30,36). The van der Waals surface area contributed by atoms with Crippen LogP contribution in [0.25, 0.3) is 0 Å². The zero-order valence-corrected chi connectivity index (χ0v) is 21.7. The van der Waals surface area contributed by atoms with Gasteiger partial charge in [0.15, 0.2) is 22.3 Å². The van der Waals surface area contributed by atoms with Gasteiger partial charge in [0.25, 0.3) is 0 Å². The SMILES string of the molecule is CCOc1cccc2c1OC1(C)C(C(=O)Nc3ccc(OC)cc3)C2NC(=S)N1c1ccc(Cl)cc1. The summed E-state index contributed by atoms with van der Waals surface area (Å²) >= 11 is 12.0. The molecule has 1 amide bonds. The van der Waals surface area contributed by atoms with E-state index in [2.05, 4.69) is 10.6 Å². The van der Waals surface area contributed by atoms with Crippen LogP contribution in [-0.4, -0.2) is 30.5 Å². The summed E-state index contributed by atoms with van der Waals surface area (Å²) < 4.78 is 17.8. The minimum atomic E-state index is -1.17. The number of methoxy groups -OCH3 is 1. The van der Waals surface area contributed by atoms with Gasteiger partial charge in [0.05, 0.1) is 19.8 Å². The van der Waals surface area contributed by atoms with Gasteiger partial charge in [0, 0.05) is 22.0 Å². The summed E-state index contributed by atoms with van der Waals surface area (Å²) in [6.07, 6.45) is 0. The fraction of sp³-hybridized carbons (Fsp3) is 0.259. The Labute approximate surface area is 220 Å². The summed E-state index contributed by atoms with van der Waals surface area (Å²) in [5.41, 5.74) is 1.04. The number of amides is 1. The molecule has 3 atom stereocenters. The second-order valence-corrected chi connectivity index (χ2v) is 9.52. The first-order valence-corrected chi connectivity index (χ1v) is 12.4. The number of benzene rings is 3. The Balaban J connectivity index is 1.61. The van der Waals surface area contributed by atoms with E-state index >= 15 is 0 Å². The van der Waals surface area contributed by atoms with Crippen molar-refractivity contribution in [3.63, 3.8) is 0 Å². The van der Waals surface area contributed by atoms with Gasteiger partial charge in [0.2, 0.25) is 5.91 Å². The molecule has 1 saturated heterocycles. The molecule has 1 fully saturated rings. The van der Waals surface area contributed by atoms with Gasteiger partial charge in [0.1, 0.15) is 11.7 Å². The molecule has 0 spiro atoms. The Bertz CT molecular complexity index is 1300. The van der Waals surface area contributed by atoms with Crippen LogP contribution < -0.4 is 29.7 Å². The van der Waals surface area contributed by atoms with E-state index in [0.29, 0.717) is 39.7 Å². The van der Waals surface area contributed by atoms with Crippen molar-refractivity contribution < 1.29 is 19.0 Å². The molecule has 0 saturated carbocycles. The molecule has 2 N–H and O–H groups in total. The van der Waals surface area contributed by atoms with Gasteiger partial charge in [-0.2, -0.15) is 0 Å². The molecular formula is C27H26ClN3O4S. The summed E-state index contributed by atoms with van der Waals surface area (Å²) in [5.74, 6) is 1.02. The normalized spacial score (nSPS) is 22.1. The third kappa shape index (κ3) is 4.10. The van der Waals surface area contributed by atoms with Crippen molar-refractivity contribution in [2.24, 2.45) is 5.92 Å². The van der Waals surface area contributed by atoms with Crippen LogP contribution in [0, 0.1) is 5.92 Å². The molecule has 3 aromatic rings. The Kier molecular flexibility index (Phi) is 6.40. The van der Waals surface area contributed by atoms with Gasteiger partial charge in [-0.05, 0) is 80.7 Å². The van der Waals surface area contributed by atoms with Crippen molar-refractivity contribution in [3.05, 3.63) is 77.3 Å². The van der Waals surface area contributed by atoms with Gasteiger partial charge in [-0.25, -0.2) is 0 Å². The molecule has 3 unspecified atom stereocenters. The van der Waals surface area contributed by atoms with Gasteiger partial charge in [-0.3, -0.25) is 9.69 Å². The quantitative estimate of drug-likeness (QED) is 0.411. The van der Waals surface area contributed by atoms with Crippen LogP contribution in [0.5, 0.6) is 17.2 Å². The monoisotopic (exact) mass is 523 g/mol. The van der Waals surface area contributed by atoms with Crippen molar-refractivity contribution >= 4 is 46.2 Å². The first-order chi connectivity index (χ1) is 17.4.